The van der Waals surface area contributed by atoms with Gasteiger partial charge in [-0.1, -0.05) is 49.7 Å². The lowest BCUT2D eigenvalue weighted by Gasteiger charge is -2.11. The summed E-state index contributed by atoms with van der Waals surface area (Å²) >= 11 is 0. The molecule has 0 radical (unpaired) electrons. The van der Waals surface area contributed by atoms with Crippen molar-refractivity contribution in [3.8, 4) is 17.6 Å². The van der Waals surface area contributed by atoms with Gasteiger partial charge in [0.05, 0.1) is 13.7 Å². The number of nitrogens with one attached hydrogen (secondary N) is 1. The molecule has 3 rings (SSSR count). The predicted octanol–water partition coefficient (Wildman–Crippen LogP) is 5.57. The lowest BCUT2D eigenvalue weighted by molar-refractivity contribution is -0.112. The fourth-order valence-corrected chi connectivity index (χ4v) is 3.00. The number of benzene rings is 3. The highest BCUT2D eigenvalue weighted by atomic mass is 16.5. The van der Waals surface area contributed by atoms with E-state index in [2.05, 4.69) is 12.2 Å². The zero-order valence-corrected chi connectivity index (χ0v) is 17.1. The molecule has 0 aliphatic carbocycles. The number of hydrogen-bond acceptors (Lipinski definition) is 4. The molecule has 0 fully saturated rings. The normalized spacial score (nSPS) is 11.0. The number of nitriles is 1. The van der Waals surface area contributed by atoms with E-state index < -0.39 is 5.91 Å². The first-order valence-corrected chi connectivity index (χ1v) is 9.87. The maximum Gasteiger partial charge on any atom is 0.266 e. The minimum absolute atomic E-state index is 0.00450. The number of carbonyl (C=O) groups excluding carboxylic acids is 1. The van der Waals surface area contributed by atoms with Crippen molar-refractivity contribution in [1.82, 2.24) is 0 Å². The molecule has 1 amide bonds. The van der Waals surface area contributed by atoms with E-state index in [4.69, 9.17) is 9.47 Å². The molecule has 0 saturated carbocycles. The van der Waals surface area contributed by atoms with Gasteiger partial charge >= 0.3 is 0 Å². The standard InChI is InChI=1S/C25H24N2O3/c1-3-4-13-30-23-12-9-18(15-24(23)29-2)14-21(17-26)25(28)27-22-11-10-19-7-5-6-8-20(19)16-22/h5-12,14-16H,3-4,13H2,1-2H3,(H,27,28)/b21-14+. The molecule has 5 heteroatoms. The fourth-order valence-electron chi connectivity index (χ4n) is 3.00. The summed E-state index contributed by atoms with van der Waals surface area (Å²) in [5, 5.41) is 14.4. The van der Waals surface area contributed by atoms with Crippen molar-refractivity contribution in [2.24, 2.45) is 0 Å². The van der Waals surface area contributed by atoms with Crippen LogP contribution in [-0.2, 0) is 4.79 Å². The molecule has 0 aliphatic heterocycles. The first kappa shape index (κ1) is 20.9. The molecular formula is C25H24N2O3. The van der Waals surface area contributed by atoms with Crippen LogP contribution in [0.3, 0.4) is 0 Å². The molecule has 0 saturated heterocycles. The van der Waals surface area contributed by atoms with Crippen LogP contribution in [0.1, 0.15) is 25.3 Å². The molecule has 3 aromatic carbocycles. The number of fused-ring (bicyclic) bond motifs is 1. The summed E-state index contributed by atoms with van der Waals surface area (Å²) in [6, 6.07) is 20.8. The van der Waals surface area contributed by atoms with Crippen LogP contribution in [0.2, 0.25) is 0 Å². The predicted molar refractivity (Wildman–Crippen MR) is 120 cm³/mol. The van der Waals surface area contributed by atoms with Crippen molar-refractivity contribution in [3.63, 3.8) is 0 Å². The smallest absolute Gasteiger partial charge is 0.266 e. The number of amides is 1. The monoisotopic (exact) mass is 400 g/mol. The molecular weight excluding hydrogens is 376 g/mol. The molecule has 0 aromatic heterocycles. The van der Waals surface area contributed by atoms with E-state index in [9.17, 15) is 10.1 Å². The van der Waals surface area contributed by atoms with E-state index in [0.29, 0.717) is 29.4 Å². The topological polar surface area (TPSA) is 71.3 Å². The van der Waals surface area contributed by atoms with Crippen LogP contribution in [0, 0.1) is 11.3 Å². The van der Waals surface area contributed by atoms with Gasteiger partial charge < -0.3 is 14.8 Å². The van der Waals surface area contributed by atoms with Crippen molar-refractivity contribution >= 4 is 28.4 Å². The van der Waals surface area contributed by atoms with Gasteiger partial charge in [0.2, 0.25) is 0 Å². The average molecular weight is 400 g/mol. The Kier molecular flexibility index (Phi) is 7.07. The SMILES string of the molecule is CCCCOc1ccc(/C=C(\C#N)C(=O)Nc2ccc3ccccc3c2)cc1OC. The molecule has 5 nitrogen and oxygen atoms in total. The third-order valence-corrected chi connectivity index (χ3v) is 4.63. The maximum atomic E-state index is 12.6. The van der Waals surface area contributed by atoms with Gasteiger partial charge in [0.1, 0.15) is 11.6 Å². The van der Waals surface area contributed by atoms with Gasteiger partial charge in [0.25, 0.3) is 5.91 Å². The Labute approximate surface area is 176 Å². The Hall–Kier alpha value is -3.78. The molecule has 0 heterocycles. The van der Waals surface area contributed by atoms with E-state index in [1.165, 1.54) is 6.08 Å². The summed E-state index contributed by atoms with van der Waals surface area (Å²) in [6.45, 7) is 2.71. The first-order valence-electron chi connectivity index (χ1n) is 9.87. The zero-order chi connectivity index (χ0) is 21.3. The molecule has 0 bridgehead atoms. The molecule has 0 unspecified atom stereocenters. The number of carbonyl (C=O) groups is 1. The molecule has 3 aromatic rings. The van der Waals surface area contributed by atoms with Crippen LogP contribution in [-0.4, -0.2) is 19.6 Å². The average Bonchev–Trinajstić information content (AvgIpc) is 2.78. The zero-order valence-electron chi connectivity index (χ0n) is 17.1. The molecule has 0 atom stereocenters. The first-order chi connectivity index (χ1) is 14.6. The third kappa shape index (κ3) is 5.18. The highest BCUT2D eigenvalue weighted by molar-refractivity contribution is 6.10. The van der Waals surface area contributed by atoms with E-state index >= 15 is 0 Å². The largest absolute Gasteiger partial charge is 0.493 e. The highest BCUT2D eigenvalue weighted by Gasteiger charge is 2.11. The van der Waals surface area contributed by atoms with Crippen LogP contribution in [0.25, 0.3) is 16.8 Å². The summed E-state index contributed by atoms with van der Waals surface area (Å²) < 4.78 is 11.1. The van der Waals surface area contributed by atoms with E-state index in [1.54, 1.807) is 25.3 Å². The Morgan fingerprint density at radius 1 is 1.07 bits per heavy atom. The Morgan fingerprint density at radius 2 is 1.87 bits per heavy atom. The minimum atomic E-state index is -0.463. The number of rotatable bonds is 8. The molecule has 152 valence electrons. The van der Waals surface area contributed by atoms with Gasteiger partial charge in [-0.15, -0.1) is 0 Å². The number of unbranched alkanes of at least 4 members (excludes halogenated alkanes) is 1. The van der Waals surface area contributed by atoms with Gasteiger partial charge in [-0.2, -0.15) is 5.26 Å². The number of hydrogen-bond donors (Lipinski definition) is 1. The highest BCUT2D eigenvalue weighted by Crippen LogP contribution is 2.29. The summed E-state index contributed by atoms with van der Waals surface area (Å²) in [4.78, 5) is 12.6. The van der Waals surface area contributed by atoms with E-state index in [-0.39, 0.29) is 5.57 Å². The second-order valence-electron chi connectivity index (χ2n) is 6.80. The second-order valence-corrected chi connectivity index (χ2v) is 6.80. The maximum absolute atomic E-state index is 12.6. The Balaban J connectivity index is 1.78. The quantitative estimate of drug-likeness (QED) is 0.305. The Morgan fingerprint density at radius 3 is 2.60 bits per heavy atom. The van der Waals surface area contributed by atoms with Gasteiger partial charge in [-0.3, -0.25) is 4.79 Å². The third-order valence-electron chi connectivity index (χ3n) is 4.63. The molecule has 0 aliphatic rings. The number of anilines is 1. The van der Waals surface area contributed by atoms with Crippen molar-refractivity contribution < 1.29 is 14.3 Å². The number of methoxy groups -OCH3 is 1. The van der Waals surface area contributed by atoms with Crippen molar-refractivity contribution in [2.75, 3.05) is 19.0 Å². The minimum Gasteiger partial charge on any atom is -0.493 e. The summed E-state index contributed by atoms with van der Waals surface area (Å²) in [7, 11) is 1.56. The van der Waals surface area contributed by atoms with E-state index in [0.717, 1.165) is 23.6 Å². The second kappa shape index (κ2) is 10.1. The summed E-state index contributed by atoms with van der Waals surface area (Å²) in [6.07, 6.45) is 3.54. The summed E-state index contributed by atoms with van der Waals surface area (Å²) in [5.74, 6) is 0.740. The molecule has 30 heavy (non-hydrogen) atoms. The van der Waals surface area contributed by atoms with Gasteiger partial charge in [0, 0.05) is 5.69 Å². The van der Waals surface area contributed by atoms with E-state index in [1.807, 2.05) is 48.5 Å². The van der Waals surface area contributed by atoms with Gasteiger partial charge in [-0.05, 0) is 53.1 Å². The van der Waals surface area contributed by atoms with Gasteiger partial charge in [0.15, 0.2) is 11.5 Å². The van der Waals surface area contributed by atoms with Crippen LogP contribution in [0.15, 0.2) is 66.2 Å². The van der Waals surface area contributed by atoms with Gasteiger partial charge in [-0.25, -0.2) is 0 Å². The van der Waals surface area contributed by atoms with Crippen molar-refractivity contribution in [2.45, 2.75) is 19.8 Å². The molecule has 1 N–H and O–H groups in total. The van der Waals surface area contributed by atoms with Crippen molar-refractivity contribution in [1.29, 1.82) is 5.26 Å². The number of ether oxygens (including phenoxy) is 2. The van der Waals surface area contributed by atoms with Crippen LogP contribution < -0.4 is 14.8 Å². The Bertz CT molecular complexity index is 1110. The lowest BCUT2D eigenvalue weighted by atomic mass is 10.1. The van der Waals surface area contributed by atoms with Crippen LogP contribution in [0.5, 0.6) is 11.5 Å². The van der Waals surface area contributed by atoms with Crippen LogP contribution >= 0.6 is 0 Å². The lowest BCUT2D eigenvalue weighted by Crippen LogP contribution is -2.13. The fraction of sp³-hybridized carbons (Fsp3) is 0.200. The van der Waals surface area contributed by atoms with Crippen LogP contribution in [0.4, 0.5) is 5.69 Å². The molecule has 0 spiro atoms. The number of nitrogens with zero attached hydrogens (tertiary/aromatic N) is 1. The summed E-state index contributed by atoms with van der Waals surface area (Å²) in [5.41, 5.74) is 1.32. The van der Waals surface area contributed by atoms with Crippen molar-refractivity contribution in [3.05, 3.63) is 71.8 Å².